The second-order valence-corrected chi connectivity index (χ2v) is 9.38. The molecule has 0 radical (unpaired) electrons. The van der Waals surface area contributed by atoms with Gasteiger partial charge in [-0.05, 0) is 66.8 Å². The Morgan fingerprint density at radius 2 is 1.20 bits per heavy atom. The molecular weight excluding hydrogens is 423 g/mol. The highest BCUT2D eigenvalue weighted by Gasteiger charge is 2.66. The standard InChI is InChI=1S/C14H8Cl2O2.C10H14O2/c15-11-5-1-9(2-6-11)13(17)14(18)10-3-7-12(16)8-4-10;1-9(2)6-4-5-10(9,3)8(12)7(6)11/h1-8H;6H,4-5H2,1-3H3. The molecule has 4 nitrogen and oxygen atoms in total. The first kappa shape index (κ1) is 22.4. The molecule has 2 fully saturated rings. The minimum absolute atomic E-state index is 0.00926. The molecule has 2 unspecified atom stereocenters. The third-order valence-corrected chi connectivity index (χ3v) is 7.19. The van der Waals surface area contributed by atoms with E-state index in [1.54, 1.807) is 24.3 Å². The number of halogens is 2. The van der Waals surface area contributed by atoms with E-state index in [0.717, 1.165) is 12.8 Å². The summed E-state index contributed by atoms with van der Waals surface area (Å²) in [4.78, 5) is 46.8. The normalized spacial score (nSPS) is 23.7. The van der Waals surface area contributed by atoms with Crippen molar-refractivity contribution in [2.45, 2.75) is 33.6 Å². The summed E-state index contributed by atoms with van der Waals surface area (Å²) in [7, 11) is 0. The van der Waals surface area contributed by atoms with E-state index < -0.39 is 11.6 Å². The number of hydrogen-bond acceptors (Lipinski definition) is 4. The van der Waals surface area contributed by atoms with E-state index in [-0.39, 0.29) is 28.3 Å². The first-order valence-electron chi connectivity index (χ1n) is 9.68. The number of benzene rings is 2. The average molecular weight is 445 g/mol. The highest BCUT2D eigenvalue weighted by molar-refractivity contribution is 6.49. The average Bonchev–Trinajstić information content (AvgIpc) is 3.02. The van der Waals surface area contributed by atoms with Crippen LogP contribution in [0.25, 0.3) is 0 Å². The summed E-state index contributed by atoms with van der Waals surface area (Å²) in [5.41, 5.74) is 0.189. The van der Waals surface area contributed by atoms with Crippen molar-refractivity contribution in [3.05, 3.63) is 69.7 Å². The lowest BCUT2D eigenvalue weighted by Crippen LogP contribution is -2.33. The van der Waals surface area contributed by atoms with E-state index >= 15 is 0 Å². The molecule has 0 spiro atoms. The molecular formula is C24H22Cl2O4. The maximum atomic E-state index is 11.9. The molecule has 0 heterocycles. The van der Waals surface area contributed by atoms with Gasteiger partial charge in [-0.2, -0.15) is 0 Å². The van der Waals surface area contributed by atoms with Crippen molar-refractivity contribution in [2.75, 3.05) is 0 Å². The first-order chi connectivity index (χ1) is 14.0. The summed E-state index contributed by atoms with van der Waals surface area (Å²) in [5.74, 6) is -1.35. The van der Waals surface area contributed by atoms with E-state index in [0.29, 0.717) is 21.2 Å². The number of carbonyl (C=O) groups is 4. The van der Waals surface area contributed by atoms with Gasteiger partial charge in [-0.1, -0.05) is 44.0 Å². The maximum absolute atomic E-state index is 11.9. The number of carbonyl (C=O) groups excluding carboxylic acids is 4. The molecule has 0 N–H and O–H groups in total. The predicted octanol–water partition coefficient (Wildman–Crippen LogP) is 5.64. The topological polar surface area (TPSA) is 68.3 Å². The number of ketones is 4. The van der Waals surface area contributed by atoms with Crippen LogP contribution in [0.4, 0.5) is 0 Å². The molecule has 2 aliphatic rings. The zero-order valence-electron chi connectivity index (χ0n) is 17.0. The quantitative estimate of drug-likeness (QED) is 0.453. The van der Waals surface area contributed by atoms with Gasteiger partial charge in [-0.15, -0.1) is 0 Å². The Hall–Kier alpha value is -2.30. The molecule has 0 aliphatic heterocycles. The summed E-state index contributed by atoms with van der Waals surface area (Å²) in [6, 6.07) is 12.4. The molecule has 0 saturated heterocycles. The van der Waals surface area contributed by atoms with Crippen LogP contribution in [-0.4, -0.2) is 23.1 Å². The summed E-state index contributed by atoms with van der Waals surface area (Å²) in [6.45, 7) is 6.04. The summed E-state index contributed by atoms with van der Waals surface area (Å²) in [5, 5.41) is 1.04. The Labute approximate surface area is 185 Å². The number of Topliss-reactive ketones (excluding diaryl/α,β-unsaturated/α-hetero) is 4. The third-order valence-electron chi connectivity index (χ3n) is 6.69. The Bertz CT molecular complexity index is 967. The van der Waals surface area contributed by atoms with Crippen LogP contribution < -0.4 is 0 Å². The lowest BCUT2D eigenvalue weighted by molar-refractivity contribution is -0.141. The summed E-state index contributed by atoms with van der Waals surface area (Å²) >= 11 is 11.4. The molecule has 0 amide bonds. The van der Waals surface area contributed by atoms with E-state index in [2.05, 4.69) is 0 Å². The monoisotopic (exact) mass is 444 g/mol. The lowest BCUT2D eigenvalue weighted by Gasteiger charge is -2.31. The van der Waals surface area contributed by atoms with E-state index in [1.165, 1.54) is 24.3 Å². The van der Waals surface area contributed by atoms with Crippen LogP contribution in [0.5, 0.6) is 0 Å². The molecule has 2 aromatic rings. The summed E-state index contributed by atoms with van der Waals surface area (Å²) in [6.07, 6.45) is 1.81. The molecule has 2 bridgehead atoms. The largest absolute Gasteiger partial charge is 0.291 e. The van der Waals surface area contributed by atoms with Crippen molar-refractivity contribution in [2.24, 2.45) is 16.7 Å². The second kappa shape index (κ2) is 8.09. The van der Waals surface area contributed by atoms with Gasteiger partial charge in [0.2, 0.25) is 23.1 Å². The van der Waals surface area contributed by atoms with Crippen molar-refractivity contribution < 1.29 is 19.2 Å². The van der Waals surface area contributed by atoms with Gasteiger partial charge < -0.3 is 0 Å². The fraction of sp³-hybridized carbons (Fsp3) is 0.333. The minimum Gasteiger partial charge on any atom is -0.291 e. The molecule has 4 rings (SSSR count). The van der Waals surface area contributed by atoms with E-state index in [9.17, 15) is 19.2 Å². The Morgan fingerprint density at radius 3 is 1.47 bits per heavy atom. The van der Waals surface area contributed by atoms with Crippen LogP contribution >= 0.6 is 23.2 Å². The highest BCUT2D eigenvalue weighted by Crippen LogP contribution is 2.61. The van der Waals surface area contributed by atoms with Gasteiger partial charge in [-0.25, -0.2) is 0 Å². The van der Waals surface area contributed by atoms with Crippen molar-refractivity contribution >= 4 is 46.3 Å². The van der Waals surface area contributed by atoms with Crippen LogP contribution in [0.3, 0.4) is 0 Å². The molecule has 2 atom stereocenters. The highest BCUT2D eigenvalue weighted by atomic mass is 35.5. The molecule has 6 heteroatoms. The van der Waals surface area contributed by atoms with Gasteiger partial charge in [0.15, 0.2) is 0 Å². The maximum Gasteiger partial charge on any atom is 0.233 e. The Balaban J connectivity index is 0.000000184. The lowest BCUT2D eigenvalue weighted by atomic mass is 9.70. The number of rotatable bonds is 3. The third kappa shape index (κ3) is 3.75. The SMILES string of the molecule is CC12CCC(C(=O)C1=O)C2(C)C.O=C(C(=O)c1ccc(Cl)cc1)c1ccc(Cl)cc1. The van der Waals surface area contributed by atoms with Crippen LogP contribution in [0.15, 0.2) is 48.5 Å². The van der Waals surface area contributed by atoms with E-state index in [1.807, 2.05) is 20.8 Å². The van der Waals surface area contributed by atoms with Gasteiger partial charge in [0, 0.05) is 32.5 Å². The zero-order valence-corrected chi connectivity index (χ0v) is 18.5. The fourth-order valence-electron chi connectivity index (χ4n) is 4.26. The van der Waals surface area contributed by atoms with Gasteiger partial charge in [-0.3, -0.25) is 19.2 Å². The van der Waals surface area contributed by atoms with Crippen LogP contribution in [0.1, 0.15) is 54.3 Å². The molecule has 2 aromatic carbocycles. The van der Waals surface area contributed by atoms with Gasteiger partial charge >= 0.3 is 0 Å². The Morgan fingerprint density at radius 1 is 0.800 bits per heavy atom. The molecule has 2 saturated carbocycles. The first-order valence-corrected chi connectivity index (χ1v) is 10.4. The van der Waals surface area contributed by atoms with Crippen molar-refractivity contribution in [3.63, 3.8) is 0 Å². The van der Waals surface area contributed by atoms with Crippen molar-refractivity contribution in [1.29, 1.82) is 0 Å². The van der Waals surface area contributed by atoms with Gasteiger partial charge in [0.1, 0.15) is 0 Å². The van der Waals surface area contributed by atoms with Crippen molar-refractivity contribution in [1.82, 2.24) is 0 Å². The smallest absolute Gasteiger partial charge is 0.233 e. The number of hydrogen-bond donors (Lipinski definition) is 0. The summed E-state index contributed by atoms with van der Waals surface area (Å²) < 4.78 is 0. The number of fused-ring (bicyclic) bond motifs is 2. The fourth-order valence-corrected chi connectivity index (χ4v) is 4.51. The van der Waals surface area contributed by atoms with Crippen LogP contribution in [0.2, 0.25) is 10.0 Å². The van der Waals surface area contributed by atoms with Gasteiger partial charge in [0.05, 0.1) is 0 Å². The molecule has 0 aromatic heterocycles. The molecule has 2 aliphatic carbocycles. The predicted molar refractivity (Wildman–Crippen MR) is 116 cm³/mol. The molecule has 156 valence electrons. The zero-order chi connectivity index (χ0) is 22.3. The van der Waals surface area contributed by atoms with E-state index in [4.69, 9.17) is 23.2 Å². The van der Waals surface area contributed by atoms with Crippen LogP contribution in [-0.2, 0) is 9.59 Å². The van der Waals surface area contributed by atoms with Crippen molar-refractivity contribution in [3.8, 4) is 0 Å². The Kier molecular flexibility index (Phi) is 6.03. The molecule has 30 heavy (non-hydrogen) atoms. The minimum atomic E-state index is -0.561. The van der Waals surface area contributed by atoms with Crippen LogP contribution in [0, 0.1) is 16.7 Å². The van der Waals surface area contributed by atoms with Gasteiger partial charge in [0.25, 0.3) is 0 Å². The second-order valence-electron chi connectivity index (χ2n) is 8.51.